The van der Waals surface area contributed by atoms with Crippen LogP contribution in [0.15, 0.2) is 97.9 Å². The standard InChI is InChI=1S/C13H24N2.3C11H20N2.C11H19NO.2C10H19N3.3C10H18N2O/c1-10-14(8)11(12(2,3)4)9-15(10)13(5,6)7;1-10(2,3)9-7-13(8-12-9)11(4,5)6;1-10(2,3)9-7-12-13(8-9)11(4,5)6;1-10(2,3)9-7-8-13(12-9)11(4,5)6;1-10(2,3)8-7-9(13-12-8)11(4,5)6;1-9(2,3)8-7-13(12-11-8)10(4,5)6;1-9(2,3)8-7-11-13(12-8)10(4,5)6;1-9(2,3)7-11-12-8(13-7)10(4,5)6;2*1-9(2,3)7-11-8(13-12-7)10(4,5)6/h9H,1H2,2-8H3;3*7-8H,1-6H3;3*7H,1-6H3;3*1-6H3. The van der Waals surface area contributed by atoms with Gasteiger partial charge >= 0.3 is 0 Å². The Kier molecular flexibility index (Phi) is 39.5. The highest BCUT2D eigenvalue weighted by molar-refractivity contribution is 5.26. The van der Waals surface area contributed by atoms with Crippen LogP contribution in [0.2, 0.25) is 0 Å². The van der Waals surface area contributed by atoms with Gasteiger partial charge in [0.05, 0.1) is 69.3 Å². The molecule has 9 aromatic rings. The Morgan fingerprint density at radius 3 is 0.909 bits per heavy atom. The summed E-state index contributed by atoms with van der Waals surface area (Å²) in [7, 11) is 2.09. The van der Waals surface area contributed by atoms with Crippen molar-refractivity contribution >= 4 is 0 Å². The Morgan fingerprint density at radius 1 is 0.311 bits per heavy atom. The molecule has 10 rings (SSSR count). The lowest BCUT2D eigenvalue weighted by molar-refractivity contribution is 0.232. The van der Waals surface area contributed by atoms with Crippen molar-refractivity contribution in [2.24, 2.45) is 5.41 Å². The summed E-state index contributed by atoms with van der Waals surface area (Å²) in [6.07, 6.45) is 16.3. The Hall–Kier alpha value is -8.38. The fourth-order valence-electron chi connectivity index (χ4n) is 10.5. The van der Waals surface area contributed by atoms with Crippen LogP contribution in [0.5, 0.6) is 0 Å². The fourth-order valence-corrected chi connectivity index (χ4v) is 10.5. The molecule has 9 aromatic heterocycles. The molecule has 0 amide bonds. The van der Waals surface area contributed by atoms with E-state index in [1.807, 2.05) is 39.0 Å². The molecular weight excluding hydrogens is 1640 g/mol. The third-order valence-electron chi connectivity index (χ3n) is 20.1. The van der Waals surface area contributed by atoms with E-state index >= 15 is 0 Å². The summed E-state index contributed by atoms with van der Waals surface area (Å²) in [4.78, 5) is 19.4. The van der Waals surface area contributed by atoms with Crippen molar-refractivity contribution in [1.82, 2.24) is 105 Å². The number of nitrogens with zero attached hydrogens (tertiary/aromatic N) is 21. The van der Waals surface area contributed by atoms with Gasteiger partial charge in [-0.1, -0.05) is 318 Å². The number of allylic oxidation sites excluding steroid dienone is 1. The van der Waals surface area contributed by atoms with E-state index in [4.69, 9.17) is 18.0 Å². The predicted molar refractivity (Wildman–Crippen MR) is 550 cm³/mol. The van der Waals surface area contributed by atoms with E-state index in [0.717, 1.165) is 51.7 Å². The minimum atomic E-state index is -0.0590. The number of imidazole rings is 1. The molecule has 0 atom stereocenters. The topological polar surface area (TPSA) is 264 Å². The molecule has 752 valence electrons. The van der Waals surface area contributed by atoms with E-state index in [1.54, 1.807) is 4.80 Å². The molecule has 25 heteroatoms. The highest BCUT2D eigenvalue weighted by Crippen LogP contribution is 2.40. The Balaban J connectivity index is 0.000000734. The van der Waals surface area contributed by atoms with Gasteiger partial charge < -0.3 is 32.4 Å². The van der Waals surface area contributed by atoms with Crippen molar-refractivity contribution in [3.8, 4) is 0 Å². The normalized spacial score (nSPS) is 14.0. The molecular formula is C107H195N21O4. The quantitative estimate of drug-likeness (QED) is 0.137. The third kappa shape index (κ3) is 40.7. The van der Waals surface area contributed by atoms with Crippen LogP contribution in [0.4, 0.5) is 0 Å². The summed E-state index contributed by atoms with van der Waals surface area (Å²) >= 11 is 0. The third-order valence-corrected chi connectivity index (χ3v) is 20.1. The van der Waals surface area contributed by atoms with Crippen molar-refractivity contribution in [1.29, 1.82) is 0 Å². The fraction of sp³-hybridized carbons (Fsp3) is 0.757. The smallest absolute Gasteiger partial charge is 0.232 e. The van der Waals surface area contributed by atoms with Crippen LogP contribution in [-0.4, -0.2) is 117 Å². The zero-order chi connectivity index (χ0) is 105. The van der Waals surface area contributed by atoms with Crippen LogP contribution in [0.25, 0.3) is 0 Å². The van der Waals surface area contributed by atoms with Crippen LogP contribution >= 0.6 is 0 Å². The van der Waals surface area contributed by atoms with Gasteiger partial charge in [0.25, 0.3) is 0 Å². The Morgan fingerprint density at radius 2 is 0.712 bits per heavy atom. The van der Waals surface area contributed by atoms with Gasteiger partial charge in [-0.3, -0.25) is 9.36 Å². The molecule has 0 fully saturated rings. The van der Waals surface area contributed by atoms with E-state index in [0.29, 0.717) is 23.6 Å². The predicted octanol–water partition coefficient (Wildman–Crippen LogP) is 28.1. The van der Waals surface area contributed by atoms with Crippen molar-refractivity contribution in [2.45, 2.75) is 519 Å². The molecule has 0 N–H and O–H groups in total. The minimum absolute atomic E-state index is 0.0243. The van der Waals surface area contributed by atoms with E-state index in [2.05, 4.69) is 552 Å². The second-order valence-electron chi connectivity index (χ2n) is 55.8. The second kappa shape index (κ2) is 42.9. The molecule has 0 bridgehead atoms. The Labute approximate surface area is 804 Å². The second-order valence-corrected chi connectivity index (χ2v) is 55.8. The largest absolute Gasteiger partial charge is 0.424 e. The number of rotatable bonds is 0. The molecule has 0 unspecified atom stereocenters. The Bertz CT molecular complexity index is 3810. The monoisotopic (exact) mass is 1840 g/mol. The van der Waals surface area contributed by atoms with Gasteiger partial charge in [-0.2, -0.15) is 35.2 Å². The van der Waals surface area contributed by atoms with Gasteiger partial charge in [-0.15, -0.1) is 15.3 Å². The maximum Gasteiger partial charge on any atom is 0.232 e. The molecule has 0 saturated heterocycles. The first-order valence-corrected chi connectivity index (χ1v) is 47.4. The molecule has 0 aliphatic carbocycles. The molecule has 0 saturated carbocycles. The highest BCUT2D eigenvalue weighted by Gasteiger charge is 2.37. The zero-order valence-electron chi connectivity index (χ0n) is 96.0. The molecule has 0 radical (unpaired) electrons. The van der Waals surface area contributed by atoms with Crippen molar-refractivity contribution < 1.29 is 18.0 Å². The van der Waals surface area contributed by atoms with Gasteiger partial charge in [-0.25, -0.2) is 9.67 Å². The van der Waals surface area contributed by atoms with Gasteiger partial charge in [0, 0.05) is 131 Å². The first-order valence-electron chi connectivity index (χ1n) is 47.4. The lowest BCUT2D eigenvalue weighted by atomic mass is 9.88. The molecule has 132 heavy (non-hydrogen) atoms. The lowest BCUT2D eigenvalue weighted by Crippen LogP contribution is -2.36. The average molecular weight is 1840 g/mol. The molecule has 0 spiro atoms. The number of hydrogen-bond donors (Lipinski definition) is 0. The summed E-state index contributed by atoms with van der Waals surface area (Å²) in [5, 5.41) is 46.0. The van der Waals surface area contributed by atoms with Gasteiger partial charge in [0.1, 0.15) is 11.6 Å². The summed E-state index contributed by atoms with van der Waals surface area (Å²) < 4.78 is 29.4. The summed E-state index contributed by atoms with van der Waals surface area (Å²) in [6.45, 7) is 132. The first kappa shape index (κ1) is 122. The minimum Gasteiger partial charge on any atom is -0.424 e. The van der Waals surface area contributed by atoms with Crippen molar-refractivity contribution in [2.75, 3.05) is 7.05 Å². The van der Waals surface area contributed by atoms with E-state index < -0.39 is 0 Å². The van der Waals surface area contributed by atoms with E-state index in [9.17, 15) is 0 Å². The molecule has 1 aliphatic heterocycles. The zero-order valence-corrected chi connectivity index (χ0v) is 96.0. The van der Waals surface area contributed by atoms with E-state index in [-0.39, 0.29) is 109 Å². The molecule has 25 nitrogen and oxygen atoms in total. The maximum atomic E-state index is 5.59. The van der Waals surface area contributed by atoms with Gasteiger partial charge in [0.2, 0.25) is 23.6 Å². The molecule has 0 aromatic carbocycles. The highest BCUT2D eigenvalue weighted by atomic mass is 16.5. The van der Waals surface area contributed by atoms with Crippen molar-refractivity contribution in [3.63, 3.8) is 0 Å². The molecule has 10 heterocycles. The van der Waals surface area contributed by atoms with Crippen LogP contribution in [0, 0.1) is 5.41 Å². The summed E-state index contributed by atoms with van der Waals surface area (Å²) in [5.41, 5.74) is 9.10. The lowest BCUT2D eigenvalue weighted by Gasteiger charge is -2.34. The van der Waals surface area contributed by atoms with Crippen LogP contribution < -0.4 is 0 Å². The van der Waals surface area contributed by atoms with Crippen LogP contribution in [-0.2, 0) is 98.1 Å². The van der Waals surface area contributed by atoms with E-state index in [1.165, 1.54) is 11.3 Å². The first-order chi connectivity index (χ1) is 57.9. The number of aromatic nitrogens is 19. The van der Waals surface area contributed by atoms with Gasteiger partial charge in [-0.05, 0) is 142 Å². The summed E-state index contributed by atoms with van der Waals surface area (Å²) in [5.74, 6) is 6.39. The van der Waals surface area contributed by atoms with Crippen molar-refractivity contribution in [3.05, 3.63) is 155 Å². The van der Waals surface area contributed by atoms with Gasteiger partial charge in [0.15, 0.2) is 11.6 Å². The SMILES string of the molecule is C=C1N(C)C(C(C)(C)C)=CN1C(C)(C)C.CC(C)(C)c1cc(C(C)(C)C)on1.CC(C)(C)c1ccn(C(C)(C)C)n1.CC(C)(C)c1cn(C(C)(C)C)cn1.CC(C)(C)c1cn(C(C)(C)C)nn1.CC(C)(C)c1cnn(C(C)(C)C)c1.CC(C)(C)c1cnn(C(C)(C)C)n1.CC(C)(C)c1nnc(C(C)(C)C)o1.CC(C)(C)c1noc(C(C)(C)C)n1.CC(C)(C)c1noc(C(C)(C)C)n1. The number of hydrogen-bond acceptors (Lipinski definition) is 20. The average Bonchev–Trinajstić information content (AvgIpc) is 1.63. The summed E-state index contributed by atoms with van der Waals surface area (Å²) in [6, 6.07) is 4.16. The van der Waals surface area contributed by atoms with Crippen LogP contribution in [0.1, 0.15) is 490 Å². The molecule has 1 aliphatic rings. The van der Waals surface area contributed by atoms with Crippen LogP contribution in [0.3, 0.4) is 0 Å². The maximum absolute atomic E-state index is 5.59.